The van der Waals surface area contributed by atoms with E-state index in [9.17, 15) is 17.6 Å². The van der Waals surface area contributed by atoms with Gasteiger partial charge in [0, 0.05) is 29.4 Å². The highest BCUT2D eigenvalue weighted by Crippen LogP contribution is 2.32. The average molecular weight is 446 g/mol. The predicted molar refractivity (Wildman–Crippen MR) is 115 cm³/mol. The molecule has 0 N–H and O–H groups in total. The van der Waals surface area contributed by atoms with Crippen LogP contribution >= 0.6 is 11.8 Å². The smallest absolute Gasteiger partial charge is 0.233 e. The van der Waals surface area contributed by atoms with Gasteiger partial charge in [0.15, 0.2) is 9.84 Å². The molecule has 1 saturated heterocycles. The van der Waals surface area contributed by atoms with E-state index in [0.717, 1.165) is 16.3 Å². The first kappa shape index (κ1) is 20.7. The molecule has 1 aromatic heterocycles. The molecule has 0 saturated carbocycles. The Morgan fingerprint density at radius 1 is 1.13 bits per heavy atom. The fraction of sp³-hybridized carbons (Fsp3) is 0.286. The lowest BCUT2D eigenvalue weighted by Gasteiger charge is -2.23. The molecule has 0 aliphatic carbocycles. The van der Waals surface area contributed by atoms with E-state index in [1.807, 2.05) is 24.3 Å². The van der Waals surface area contributed by atoms with Gasteiger partial charge in [0.05, 0.1) is 17.3 Å². The summed E-state index contributed by atoms with van der Waals surface area (Å²) in [5.41, 5.74) is 1.41. The molecule has 2 aromatic carbocycles. The first-order valence-corrected chi connectivity index (χ1v) is 12.2. The van der Waals surface area contributed by atoms with Gasteiger partial charge < -0.3 is 4.90 Å². The number of hydrogen-bond donors (Lipinski definition) is 0. The van der Waals surface area contributed by atoms with Gasteiger partial charge in [-0.2, -0.15) is 0 Å². The van der Waals surface area contributed by atoms with Crippen molar-refractivity contribution in [3.05, 3.63) is 54.3 Å². The lowest BCUT2D eigenvalue weighted by atomic mass is 10.1. The zero-order valence-corrected chi connectivity index (χ0v) is 17.9. The number of carbonyl (C=O) groups excluding carboxylic acids is 1. The number of nitrogens with zero attached hydrogens (tertiary/aromatic N) is 3. The van der Waals surface area contributed by atoms with Crippen molar-refractivity contribution in [1.82, 2.24) is 15.1 Å². The number of aromatic nitrogens is 2. The highest BCUT2D eigenvalue weighted by Gasteiger charge is 2.32. The fourth-order valence-electron chi connectivity index (χ4n) is 3.52. The molecule has 4 rings (SSSR count). The van der Waals surface area contributed by atoms with Crippen molar-refractivity contribution in [2.45, 2.75) is 17.5 Å². The monoisotopic (exact) mass is 445 g/mol. The molecule has 9 heteroatoms. The molecule has 6 nitrogen and oxygen atoms in total. The summed E-state index contributed by atoms with van der Waals surface area (Å²) in [4.78, 5) is 14.1. The molecule has 156 valence electrons. The lowest BCUT2D eigenvalue weighted by molar-refractivity contribution is -0.128. The van der Waals surface area contributed by atoms with Gasteiger partial charge in [-0.15, -0.1) is 10.2 Å². The molecule has 0 unspecified atom stereocenters. The highest BCUT2D eigenvalue weighted by molar-refractivity contribution is 8.00. The quantitative estimate of drug-likeness (QED) is 0.561. The van der Waals surface area contributed by atoms with Crippen LogP contribution in [0, 0.1) is 5.82 Å². The van der Waals surface area contributed by atoms with Gasteiger partial charge in [-0.3, -0.25) is 4.79 Å². The van der Waals surface area contributed by atoms with Crippen molar-refractivity contribution in [2.75, 3.05) is 24.3 Å². The number of carbonyl (C=O) groups is 1. The minimum absolute atomic E-state index is 0.0228. The molecule has 1 aliphatic rings. The predicted octanol–water partition coefficient (Wildman–Crippen LogP) is 3.17. The maximum Gasteiger partial charge on any atom is 0.233 e. The summed E-state index contributed by atoms with van der Waals surface area (Å²) in [7, 11) is -1.40. The standard InChI is InChI=1S/C21H20FN3O3S2/c1-25(16-10-11-30(27,28)13-16)19(26)12-29-21-18-5-3-2-4-17(18)20(23-24-21)14-6-8-15(22)9-7-14/h2-9,16H,10-13H2,1H3/t16-/m1/s1. The van der Waals surface area contributed by atoms with Gasteiger partial charge in [0.1, 0.15) is 16.5 Å². The van der Waals surface area contributed by atoms with E-state index in [0.29, 0.717) is 17.1 Å². The van der Waals surface area contributed by atoms with Gasteiger partial charge >= 0.3 is 0 Å². The Labute approximate surface area is 178 Å². The SMILES string of the molecule is CN(C(=O)CSc1nnc(-c2ccc(F)cc2)c2ccccc12)[C@@H]1CCS(=O)(=O)C1. The van der Waals surface area contributed by atoms with E-state index in [-0.39, 0.29) is 35.0 Å². The highest BCUT2D eigenvalue weighted by atomic mass is 32.2. The summed E-state index contributed by atoms with van der Waals surface area (Å²) in [5, 5.41) is 11.0. The van der Waals surface area contributed by atoms with Crippen molar-refractivity contribution in [3.63, 3.8) is 0 Å². The van der Waals surface area contributed by atoms with Crippen LogP contribution in [0.4, 0.5) is 4.39 Å². The Bertz CT molecular complexity index is 1200. The van der Waals surface area contributed by atoms with Gasteiger partial charge in [-0.05, 0) is 30.7 Å². The van der Waals surface area contributed by atoms with Crippen LogP contribution in [-0.4, -0.2) is 59.8 Å². The third kappa shape index (κ3) is 4.32. The zero-order valence-electron chi connectivity index (χ0n) is 16.3. The van der Waals surface area contributed by atoms with Crippen LogP contribution in [0.5, 0.6) is 0 Å². The van der Waals surface area contributed by atoms with E-state index in [2.05, 4.69) is 10.2 Å². The topological polar surface area (TPSA) is 80.2 Å². The first-order valence-electron chi connectivity index (χ1n) is 9.44. The normalized spacial score (nSPS) is 17.9. The largest absolute Gasteiger partial charge is 0.341 e. The van der Waals surface area contributed by atoms with Crippen LogP contribution < -0.4 is 0 Å². The van der Waals surface area contributed by atoms with Crippen LogP contribution in [0.25, 0.3) is 22.0 Å². The molecule has 3 aromatic rings. The minimum atomic E-state index is -3.05. The van der Waals surface area contributed by atoms with Crippen LogP contribution in [0.1, 0.15) is 6.42 Å². The van der Waals surface area contributed by atoms with Crippen molar-refractivity contribution in [3.8, 4) is 11.3 Å². The number of halogens is 1. The van der Waals surface area contributed by atoms with E-state index in [1.54, 1.807) is 19.2 Å². The van der Waals surface area contributed by atoms with E-state index in [1.165, 1.54) is 28.8 Å². The lowest BCUT2D eigenvalue weighted by Crippen LogP contribution is -2.38. The Morgan fingerprint density at radius 2 is 1.83 bits per heavy atom. The molecule has 1 amide bonds. The molecule has 0 radical (unpaired) electrons. The van der Waals surface area contributed by atoms with Crippen LogP contribution in [0.2, 0.25) is 0 Å². The summed E-state index contributed by atoms with van der Waals surface area (Å²) in [6.45, 7) is 0. The molecule has 1 fully saturated rings. The second-order valence-electron chi connectivity index (χ2n) is 7.26. The molecule has 0 bridgehead atoms. The number of sulfone groups is 1. The van der Waals surface area contributed by atoms with Gasteiger partial charge in [-0.25, -0.2) is 12.8 Å². The van der Waals surface area contributed by atoms with E-state index < -0.39 is 9.84 Å². The fourth-order valence-corrected chi connectivity index (χ4v) is 6.19. The second-order valence-corrected chi connectivity index (χ2v) is 10.4. The summed E-state index contributed by atoms with van der Waals surface area (Å²) in [5.74, 6) is -0.170. The third-order valence-electron chi connectivity index (χ3n) is 5.25. The van der Waals surface area contributed by atoms with Crippen molar-refractivity contribution in [2.24, 2.45) is 0 Å². The molecular formula is C21H20FN3O3S2. The minimum Gasteiger partial charge on any atom is -0.341 e. The Hall–Kier alpha value is -2.52. The number of thioether (sulfide) groups is 1. The molecule has 1 atom stereocenters. The summed E-state index contributed by atoms with van der Waals surface area (Å²) in [6.07, 6.45) is 0.477. The van der Waals surface area contributed by atoms with Crippen LogP contribution in [0.15, 0.2) is 53.6 Å². The van der Waals surface area contributed by atoms with Crippen LogP contribution in [-0.2, 0) is 14.6 Å². The number of benzene rings is 2. The van der Waals surface area contributed by atoms with E-state index >= 15 is 0 Å². The summed E-state index contributed by atoms with van der Waals surface area (Å²) in [6, 6.07) is 13.4. The number of amides is 1. The van der Waals surface area contributed by atoms with Crippen molar-refractivity contribution < 1.29 is 17.6 Å². The number of hydrogen-bond acceptors (Lipinski definition) is 6. The van der Waals surface area contributed by atoms with Gasteiger partial charge in [0.2, 0.25) is 5.91 Å². The van der Waals surface area contributed by atoms with E-state index in [4.69, 9.17) is 0 Å². The molecule has 2 heterocycles. The van der Waals surface area contributed by atoms with Gasteiger partial charge in [0.25, 0.3) is 0 Å². The van der Waals surface area contributed by atoms with Crippen LogP contribution in [0.3, 0.4) is 0 Å². The second kappa shape index (κ2) is 8.31. The number of fused-ring (bicyclic) bond motifs is 1. The number of rotatable bonds is 5. The summed E-state index contributed by atoms with van der Waals surface area (Å²) >= 11 is 1.28. The third-order valence-corrected chi connectivity index (χ3v) is 7.97. The maximum atomic E-state index is 13.3. The first-order chi connectivity index (χ1) is 14.3. The maximum absolute atomic E-state index is 13.3. The Kier molecular flexibility index (Phi) is 5.75. The van der Waals surface area contributed by atoms with Crippen molar-refractivity contribution >= 4 is 38.3 Å². The van der Waals surface area contributed by atoms with Crippen molar-refractivity contribution in [1.29, 1.82) is 0 Å². The Balaban J connectivity index is 1.54. The molecule has 30 heavy (non-hydrogen) atoms. The zero-order chi connectivity index (χ0) is 21.3. The molecular weight excluding hydrogens is 425 g/mol. The molecule has 1 aliphatic heterocycles. The molecule has 0 spiro atoms. The Morgan fingerprint density at radius 3 is 2.50 bits per heavy atom. The summed E-state index contributed by atoms with van der Waals surface area (Å²) < 4.78 is 36.6. The van der Waals surface area contributed by atoms with Gasteiger partial charge in [-0.1, -0.05) is 36.0 Å². The average Bonchev–Trinajstić information content (AvgIpc) is 3.11.